The van der Waals surface area contributed by atoms with Gasteiger partial charge in [0.25, 0.3) is 0 Å². The molecular weight excluding hydrogens is 238 g/mol. The third kappa shape index (κ3) is 1.93. The maximum absolute atomic E-state index is 12.5. The molecule has 0 radical (unpaired) electrons. The third-order valence-electron chi connectivity index (χ3n) is 3.58. The molecule has 1 aromatic rings. The van der Waals surface area contributed by atoms with Gasteiger partial charge >= 0.3 is 0 Å². The number of hydrogen-bond donors (Lipinski definition) is 2. The number of aromatic hydroxyl groups is 1. The van der Waals surface area contributed by atoms with E-state index < -0.39 is 14.6 Å². The molecular formula is C12H17NO3S. The van der Waals surface area contributed by atoms with E-state index in [1.54, 1.807) is 6.07 Å². The van der Waals surface area contributed by atoms with Crippen molar-refractivity contribution < 1.29 is 13.5 Å². The van der Waals surface area contributed by atoms with Crippen molar-refractivity contribution >= 4 is 9.84 Å². The number of phenols is 1. The zero-order chi connectivity index (χ0) is 12.5. The second kappa shape index (κ2) is 4.31. The molecule has 0 amide bonds. The molecule has 0 heterocycles. The number of benzene rings is 1. The predicted molar refractivity (Wildman–Crippen MR) is 65.5 cm³/mol. The van der Waals surface area contributed by atoms with Crippen LogP contribution in [0.4, 0.5) is 0 Å². The van der Waals surface area contributed by atoms with Crippen LogP contribution < -0.4 is 5.73 Å². The minimum absolute atomic E-state index is 0.0313. The summed E-state index contributed by atoms with van der Waals surface area (Å²) >= 11 is 0. The zero-order valence-corrected chi connectivity index (χ0v) is 10.4. The lowest BCUT2D eigenvalue weighted by atomic mass is 10.1. The summed E-state index contributed by atoms with van der Waals surface area (Å²) in [6.07, 6.45) is 3.02. The van der Waals surface area contributed by atoms with Gasteiger partial charge in [-0.2, -0.15) is 0 Å². The van der Waals surface area contributed by atoms with Gasteiger partial charge in [0.15, 0.2) is 9.84 Å². The van der Waals surface area contributed by atoms with Gasteiger partial charge in [0, 0.05) is 6.54 Å². The summed E-state index contributed by atoms with van der Waals surface area (Å²) in [5, 5.41) is 9.38. The Kier molecular flexibility index (Phi) is 3.14. The Labute approximate surface area is 101 Å². The van der Waals surface area contributed by atoms with Crippen molar-refractivity contribution in [2.24, 2.45) is 5.73 Å². The van der Waals surface area contributed by atoms with Crippen molar-refractivity contribution in [2.45, 2.75) is 35.3 Å². The van der Waals surface area contributed by atoms with E-state index in [4.69, 9.17) is 5.73 Å². The van der Waals surface area contributed by atoms with Gasteiger partial charge in [0.05, 0.1) is 9.64 Å². The zero-order valence-electron chi connectivity index (χ0n) is 9.59. The Bertz CT molecular complexity index is 504. The fraction of sp³-hybridized carbons (Fsp3) is 0.500. The molecule has 4 nitrogen and oxygen atoms in total. The van der Waals surface area contributed by atoms with Crippen molar-refractivity contribution in [1.29, 1.82) is 0 Å². The van der Waals surface area contributed by atoms with Crippen LogP contribution in [0.1, 0.15) is 25.7 Å². The van der Waals surface area contributed by atoms with Gasteiger partial charge in [-0.3, -0.25) is 0 Å². The molecule has 0 aliphatic heterocycles. The van der Waals surface area contributed by atoms with Gasteiger partial charge in [-0.1, -0.05) is 18.9 Å². The van der Waals surface area contributed by atoms with E-state index in [-0.39, 0.29) is 17.2 Å². The molecule has 3 N–H and O–H groups in total. The largest absolute Gasteiger partial charge is 0.508 e. The van der Waals surface area contributed by atoms with Crippen molar-refractivity contribution in [3.05, 3.63) is 24.3 Å². The van der Waals surface area contributed by atoms with Crippen molar-refractivity contribution in [3.8, 4) is 5.75 Å². The molecule has 0 aromatic heterocycles. The highest BCUT2D eigenvalue weighted by molar-refractivity contribution is 7.92. The molecule has 0 atom stereocenters. The first-order valence-corrected chi connectivity index (χ1v) is 7.24. The number of phenolic OH excluding ortho intramolecular Hbond substituents is 1. The van der Waals surface area contributed by atoms with Crippen molar-refractivity contribution in [2.75, 3.05) is 6.54 Å². The highest BCUT2D eigenvalue weighted by atomic mass is 32.2. The average molecular weight is 255 g/mol. The van der Waals surface area contributed by atoms with E-state index >= 15 is 0 Å². The van der Waals surface area contributed by atoms with Gasteiger partial charge < -0.3 is 10.8 Å². The van der Waals surface area contributed by atoms with E-state index in [2.05, 4.69) is 0 Å². The van der Waals surface area contributed by atoms with Crippen LogP contribution in [0.3, 0.4) is 0 Å². The fourth-order valence-corrected chi connectivity index (χ4v) is 4.58. The van der Waals surface area contributed by atoms with E-state index in [0.29, 0.717) is 12.8 Å². The molecule has 1 aromatic carbocycles. The molecule has 0 unspecified atom stereocenters. The first-order chi connectivity index (χ1) is 8.02. The van der Waals surface area contributed by atoms with Gasteiger partial charge in [-0.15, -0.1) is 0 Å². The summed E-state index contributed by atoms with van der Waals surface area (Å²) in [7, 11) is -3.46. The number of nitrogens with two attached hydrogens (primary N) is 1. The van der Waals surface area contributed by atoms with E-state index in [0.717, 1.165) is 12.8 Å². The maximum atomic E-state index is 12.5. The molecule has 1 aliphatic carbocycles. The minimum Gasteiger partial charge on any atom is -0.508 e. The minimum atomic E-state index is -3.46. The smallest absolute Gasteiger partial charge is 0.185 e. The summed E-state index contributed by atoms with van der Waals surface area (Å²) in [5.41, 5.74) is 5.69. The Hall–Kier alpha value is -1.07. The molecule has 0 spiro atoms. The van der Waals surface area contributed by atoms with Crippen LogP contribution in [0.5, 0.6) is 5.75 Å². The molecule has 1 aliphatic rings. The lowest BCUT2D eigenvalue weighted by Crippen LogP contribution is -2.43. The van der Waals surface area contributed by atoms with E-state index in [9.17, 15) is 13.5 Å². The summed E-state index contributed by atoms with van der Waals surface area (Å²) in [4.78, 5) is 0.171. The Morgan fingerprint density at radius 2 is 1.94 bits per heavy atom. The molecule has 5 heteroatoms. The topological polar surface area (TPSA) is 80.4 Å². The van der Waals surface area contributed by atoms with Gasteiger partial charge in [-0.05, 0) is 31.0 Å². The van der Waals surface area contributed by atoms with Crippen molar-refractivity contribution in [3.63, 3.8) is 0 Å². The fourth-order valence-electron chi connectivity index (χ4n) is 2.50. The van der Waals surface area contributed by atoms with Crippen LogP contribution in [0.2, 0.25) is 0 Å². The first kappa shape index (κ1) is 12.4. The van der Waals surface area contributed by atoms with Gasteiger partial charge in [0.1, 0.15) is 5.75 Å². The summed E-state index contributed by atoms with van der Waals surface area (Å²) in [6, 6.07) is 5.82. The van der Waals surface area contributed by atoms with Crippen LogP contribution in [-0.4, -0.2) is 24.8 Å². The van der Waals surface area contributed by atoms with E-state index in [1.807, 2.05) is 0 Å². The number of rotatable bonds is 3. The molecule has 0 bridgehead atoms. The lowest BCUT2D eigenvalue weighted by Gasteiger charge is -2.27. The lowest BCUT2D eigenvalue weighted by molar-refractivity contribution is 0.472. The van der Waals surface area contributed by atoms with Gasteiger partial charge in [0.2, 0.25) is 0 Å². The predicted octanol–water partition coefficient (Wildman–Crippen LogP) is 1.44. The molecule has 17 heavy (non-hydrogen) atoms. The van der Waals surface area contributed by atoms with Crippen LogP contribution in [0.25, 0.3) is 0 Å². The normalized spacial score (nSPS) is 19.4. The highest BCUT2D eigenvalue weighted by Gasteiger charge is 2.45. The number of sulfone groups is 1. The quantitative estimate of drug-likeness (QED) is 0.856. The molecule has 94 valence electrons. The highest BCUT2D eigenvalue weighted by Crippen LogP contribution is 2.40. The van der Waals surface area contributed by atoms with Crippen molar-refractivity contribution in [1.82, 2.24) is 0 Å². The van der Waals surface area contributed by atoms with Gasteiger partial charge in [-0.25, -0.2) is 8.42 Å². The second-order valence-electron chi connectivity index (χ2n) is 4.60. The molecule has 1 saturated carbocycles. The summed E-state index contributed by atoms with van der Waals surface area (Å²) in [5.74, 6) is -0.0313. The monoisotopic (exact) mass is 255 g/mol. The third-order valence-corrected chi connectivity index (χ3v) is 6.17. The Morgan fingerprint density at radius 3 is 2.47 bits per heavy atom. The first-order valence-electron chi connectivity index (χ1n) is 5.76. The summed E-state index contributed by atoms with van der Waals surface area (Å²) < 4.78 is 24.3. The Balaban J connectivity index is 2.49. The standard InChI is InChI=1S/C12H17NO3S/c13-9-12(6-1-2-7-12)17(15,16)11-5-3-4-10(14)8-11/h3-5,8,14H,1-2,6-7,9,13H2. The summed E-state index contributed by atoms with van der Waals surface area (Å²) in [6.45, 7) is 0.144. The average Bonchev–Trinajstić information content (AvgIpc) is 2.79. The van der Waals surface area contributed by atoms with Crippen LogP contribution in [0, 0.1) is 0 Å². The van der Waals surface area contributed by atoms with Crippen LogP contribution in [-0.2, 0) is 9.84 Å². The van der Waals surface area contributed by atoms with Crippen LogP contribution in [0.15, 0.2) is 29.2 Å². The molecule has 2 rings (SSSR count). The maximum Gasteiger partial charge on any atom is 0.185 e. The second-order valence-corrected chi connectivity index (χ2v) is 6.94. The Morgan fingerprint density at radius 1 is 1.29 bits per heavy atom. The SMILES string of the molecule is NCC1(S(=O)(=O)c2cccc(O)c2)CCCC1. The van der Waals surface area contributed by atoms with E-state index in [1.165, 1.54) is 18.2 Å². The molecule has 0 saturated heterocycles. The molecule has 1 fully saturated rings. The van der Waals surface area contributed by atoms with Crippen LogP contribution >= 0.6 is 0 Å². The number of hydrogen-bond acceptors (Lipinski definition) is 4.